The van der Waals surface area contributed by atoms with Crippen molar-refractivity contribution in [3.8, 4) is 5.75 Å². The van der Waals surface area contributed by atoms with E-state index in [9.17, 15) is 29.4 Å². The van der Waals surface area contributed by atoms with Crippen LogP contribution in [-0.2, 0) is 32.0 Å². The number of hydrogen-bond acceptors (Lipinski definition) is 8. The van der Waals surface area contributed by atoms with E-state index in [4.69, 9.17) is 4.74 Å². The molecule has 1 fully saturated rings. The van der Waals surface area contributed by atoms with Gasteiger partial charge < -0.3 is 30.9 Å². The molecule has 42 heavy (non-hydrogen) atoms. The van der Waals surface area contributed by atoms with Gasteiger partial charge in [0.25, 0.3) is 11.8 Å². The molecule has 0 bridgehead atoms. The van der Waals surface area contributed by atoms with Crippen molar-refractivity contribution in [3.63, 3.8) is 0 Å². The highest BCUT2D eigenvalue weighted by molar-refractivity contribution is 5.98. The SMILES string of the molecule is C[C@H]1NC(=O)C(Cc2ccccc2)OC(=O)[C@H](C)[C@H](O)[C@H](Cc2ccccc2)NC(=O)[C@H]1NC(=O)c1ncccc1O. The van der Waals surface area contributed by atoms with Crippen molar-refractivity contribution in [2.24, 2.45) is 5.92 Å². The number of ether oxygens (including phenoxy) is 1. The van der Waals surface area contributed by atoms with Gasteiger partial charge in [0.05, 0.1) is 24.1 Å². The van der Waals surface area contributed by atoms with Crippen molar-refractivity contribution < 1.29 is 34.1 Å². The fourth-order valence-corrected chi connectivity index (χ4v) is 4.75. The molecular weight excluding hydrogens is 540 g/mol. The fourth-order valence-electron chi connectivity index (χ4n) is 4.75. The van der Waals surface area contributed by atoms with E-state index in [0.29, 0.717) is 0 Å². The molecule has 1 aromatic heterocycles. The Bertz CT molecular complexity index is 1400. The van der Waals surface area contributed by atoms with Gasteiger partial charge in [-0.25, -0.2) is 4.98 Å². The third-order valence-electron chi connectivity index (χ3n) is 7.18. The van der Waals surface area contributed by atoms with Crippen LogP contribution in [0.15, 0.2) is 79.0 Å². The molecular formula is C31H34N4O7. The summed E-state index contributed by atoms with van der Waals surface area (Å²) in [6.45, 7) is 2.98. The van der Waals surface area contributed by atoms with E-state index >= 15 is 0 Å². The number of aliphatic hydroxyl groups is 1. The maximum Gasteiger partial charge on any atom is 0.312 e. The van der Waals surface area contributed by atoms with Gasteiger partial charge in [0, 0.05) is 12.6 Å². The van der Waals surface area contributed by atoms with Gasteiger partial charge in [0.2, 0.25) is 5.91 Å². The average molecular weight is 575 g/mol. The number of amides is 3. The summed E-state index contributed by atoms with van der Waals surface area (Å²) in [5.74, 6) is -4.54. The van der Waals surface area contributed by atoms with E-state index in [1.165, 1.54) is 32.2 Å². The molecule has 1 aliphatic rings. The van der Waals surface area contributed by atoms with Gasteiger partial charge in [-0.05, 0) is 43.5 Å². The Morgan fingerprint density at radius 3 is 2.12 bits per heavy atom. The maximum absolute atomic E-state index is 13.7. The van der Waals surface area contributed by atoms with Crippen LogP contribution < -0.4 is 16.0 Å². The summed E-state index contributed by atoms with van der Waals surface area (Å²) in [5, 5.41) is 29.4. The summed E-state index contributed by atoms with van der Waals surface area (Å²) >= 11 is 0. The van der Waals surface area contributed by atoms with E-state index in [1.807, 2.05) is 36.4 Å². The van der Waals surface area contributed by atoms with Crippen LogP contribution in [0.2, 0.25) is 0 Å². The van der Waals surface area contributed by atoms with E-state index in [-0.39, 0.29) is 24.3 Å². The summed E-state index contributed by atoms with van der Waals surface area (Å²) in [7, 11) is 0. The lowest BCUT2D eigenvalue weighted by Crippen LogP contribution is -2.62. The highest BCUT2D eigenvalue weighted by atomic mass is 16.5. The van der Waals surface area contributed by atoms with Gasteiger partial charge in [0.15, 0.2) is 11.8 Å². The molecule has 0 saturated carbocycles. The molecule has 0 spiro atoms. The van der Waals surface area contributed by atoms with Crippen molar-refractivity contribution in [1.82, 2.24) is 20.9 Å². The van der Waals surface area contributed by atoms with Gasteiger partial charge in [-0.3, -0.25) is 19.2 Å². The molecule has 2 heterocycles. The van der Waals surface area contributed by atoms with Crippen LogP contribution in [0.3, 0.4) is 0 Å². The monoisotopic (exact) mass is 574 g/mol. The van der Waals surface area contributed by atoms with Crippen molar-refractivity contribution >= 4 is 23.7 Å². The molecule has 3 amide bonds. The number of aromatic nitrogens is 1. The summed E-state index contributed by atoms with van der Waals surface area (Å²) in [6, 6.07) is 17.5. The largest absolute Gasteiger partial charge is 0.505 e. The van der Waals surface area contributed by atoms with E-state index in [0.717, 1.165) is 11.1 Å². The van der Waals surface area contributed by atoms with Crippen LogP contribution in [-0.4, -0.2) is 69.2 Å². The Labute approximate surface area is 243 Å². The minimum absolute atomic E-state index is 0.0480. The number of esters is 1. The second-order valence-electron chi connectivity index (χ2n) is 10.3. The van der Waals surface area contributed by atoms with Crippen LogP contribution in [0.4, 0.5) is 0 Å². The topological polar surface area (TPSA) is 167 Å². The van der Waals surface area contributed by atoms with Crippen LogP contribution in [0.5, 0.6) is 5.75 Å². The fraction of sp³-hybridized carbons (Fsp3) is 0.323. The summed E-state index contributed by atoms with van der Waals surface area (Å²) in [6.07, 6.45) is -1.14. The molecule has 1 unspecified atom stereocenters. The van der Waals surface area contributed by atoms with E-state index < -0.39 is 59.9 Å². The number of benzene rings is 2. The second-order valence-corrected chi connectivity index (χ2v) is 10.3. The van der Waals surface area contributed by atoms with Gasteiger partial charge in [-0.1, -0.05) is 60.7 Å². The number of nitrogens with zero attached hydrogens (tertiary/aromatic N) is 1. The normalized spacial score (nSPS) is 25.2. The zero-order valence-electron chi connectivity index (χ0n) is 23.3. The maximum atomic E-state index is 13.7. The standard InChI is InChI=1S/C31H34N4O7/c1-18-27(37)22(16-20-10-5-3-6-11-20)34-29(39)25(35-30(40)26-23(36)14-9-15-32-26)19(2)33-28(38)24(42-31(18)41)17-21-12-7-4-8-13-21/h3-15,18-19,22,24-25,27,36-37H,16-17H2,1-2H3,(H,33,38)(H,34,39)(H,35,40)/t18-,19-,22+,24?,25+,27+/m1/s1. The predicted octanol–water partition coefficient (Wildman–Crippen LogP) is 1.28. The lowest BCUT2D eigenvalue weighted by molar-refractivity contribution is -0.164. The molecule has 6 atom stereocenters. The molecule has 3 aromatic rings. The van der Waals surface area contributed by atoms with Crippen LogP contribution in [0, 0.1) is 5.92 Å². The van der Waals surface area contributed by atoms with E-state index in [1.54, 1.807) is 24.3 Å². The highest BCUT2D eigenvalue weighted by Crippen LogP contribution is 2.19. The summed E-state index contributed by atoms with van der Waals surface area (Å²) in [5.41, 5.74) is 1.21. The van der Waals surface area contributed by atoms with Crippen molar-refractivity contribution in [1.29, 1.82) is 0 Å². The van der Waals surface area contributed by atoms with Crippen molar-refractivity contribution in [2.45, 2.75) is 57.0 Å². The number of aliphatic hydroxyl groups excluding tert-OH is 1. The second kappa shape index (κ2) is 13.7. The van der Waals surface area contributed by atoms with Gasteiger partial charge in [-0.15, -0.1) is 0 Å². The molecule has 11 heteroatoms. The molecule has 220 valence electrons. The molecule has 1 saturated heterocycles. The Morgan fingerprint density at radius 2 is 1.50 bits per heavy atom. The zero-order chi connectivity index (χ0) is 30.2. The summed E-state index contributed by atoms with van der Waals surface area (Å²) < 4.78 is 5.64. The van der Waals surface area contributed by atoms with Crippen molar-refractivity contribution in [2.75, 3.05) is 0 Å². The minimum Gasteiger partial charge on any atom is -0.505 e. The Kier molecular flexibility index (Phi) is 9.87. The minimum atomic E-state index is -1.40. The first kappa shape index (κ1) is 30.2. The molecule has 0 aliphatic carbocycles. The number of carbonyl (C=O) groups is 4. The highest BCUT2D eigenvalue weighted by Gasteiger charge is 2.39. The third kappa shape index (κ3) is 7.49. The molecule has 5 N–H and O–H groups in total. The van der Waals surface area contributed by atoms with Crippen molar-refractivity contribution in [3.05, 3.63) is 95.8 Å². The van der Waals surface area contributed by atoms with Crippen LogP contribution in [0.1, 0.15) is 35.5 Å². The molecule has 1 aliphatic heterocycles. The number of cyclic esters (lactones) is 1. The van der Waals surface area contributed by atoms with Gasteiger partial charge in [0.1, 0.15) is 11.8 Å². The first-order valence-electron chi connectivity index (χ1n) is 13.7. The Morgan fingerprint density at radius 1 is 0.881 bits per heavy atom. The molecule has 4 rings (SSSR count). The molecule has 2 aromatic carbocycles. The Balaban J connectivity index is 1.69. The smallest absolute Gasteiger partial charge is 0.312 e. The lowest BCUT2D eigenvalue weighted by Gasteiger charge is -2.33. The van der Waals surface area contributed by atoms with Gasteiger partial charge >= 0.3 is 5.97 Å². The number of aromatic hydroxyl groups is 1. The number of nitrogens with one attached hydrogen (secondary N) is 3. The summed E-state index contributed by atoms with van der Waals surface area (Å²) in [4.78, 5) is 57.3. The number of pyridine rings is 1. The first-order valence-corrected chi connectivity index (χ1v) is 13.7. The zero-order valence-corrected chi connectivity index (χ0v) is 23.3. The number of hydrogen-bond donors (Lipinski definition) is 5. The van der Waals surface area contributed by atoms with E-state index in [2.05, 4.69) is 20.9 Å². The Hall–Kier alpha value is -4.77. The first-order chi connectivity index (χ1) is 20.1. The average Bonchev–Trinajstić information content (AvgIpc) is 2.99. The third-order valence-corrected chi connectivity index (χ3v) is 7.18. The molecule has 0 radical (unpaired) electrons. The van der Waals surface area contributed by atoms with Crippen LogP contribution in [0.25, 0.3) is 0 Å². The number of rotatable bonds is 6. The number of carbonyl (C=O) groups excluding carboxylic acids is 4. The predicted molar refractivity (Wildman–Crippen MR) is 152 cm³/mol. The van der Waals surface area contributed by atoms with Gasteiger partial charge in [-0.2, -0.15) is 0 Å². The lowest BCUT2D eigenvalue weighted by atomic mass is 9.92. The van der Waals surface area contributed by atoms with Crippen LogP contribution >= 0.6 is 0 Å². The molecule has 11 nitrogen and oxygen atoms in total. The quantitative estimate of drug-likeness (QED) is 0.275.